The van der Waals surface area contributed by atoms with E-state index in [0.29, 0.717) is 24.7 Å². The number of aryl methyl sites for hydroxylation is 2. The number of hydrogen-bond acceptors (Lipinski definition) is 4. The molecule has 0 amide bonds. The molecule has 0 unspecified atom stereocenters. The van der Waals surface area contributed by atoms with E-state index in [4.69, 9.17) is 4.74 Å². The van der Waals surface area contributed by atoms with Crippen molar-refractivity contribution in [2.45, 2.75) is 52.0 Å². The van der Waals surface area contributed by atoms with Gasteiger partial charge in [0.25, 0.3) is 0 Å². The first kappa shape index (κ1) is 19.4. The van der Waals surface area contributed by atoms with E-state index < -0.39 is 10.0 Å². The molecule has 1 saturated heterocycles. The van der Waals surface area contributed by atoms with Gasteiger partial charge in [0.05, 0.1) is 18.1 Å². The summed E-state index contributed by atoms with van der Waals surface area (Å²) in [5.74, 6) is 0. The average molecular weight is 355 g/mol. The first-order chi connectivity index (χ1) is 11.1. The van der Waals surface area contributed by atoms with Gasteiger partial charge < -0.3 is 4.74 Å². The van der Waals surface area contributed by atoms with Crippen LogP contribution in [0.15, 0.2) is 11.0 Å². The molecule has 1 aliphatic rings. The number of nitrogens with one attached hydrogen (secondary N) is 1. The van der Waals surface area contributed by atoms with E-state index in [2.05, 4.69) is 23.5 Å². The van der Waals surface area contributed by atoms with Crippen LogP contribution in [-0.4, -0.2) is 51.7 Å². The number of sulfonamides is 1. The Morgan fingerprint density at radius 1 is 1.08 bits per heavy atom. The Labute approximate surface area is 146 Å². The highest BCUT2D eigenvalue weighted by atomic mass is 32.2. The van der Waals surface area contributed by atoms with E-state index in [0.717, 1.165) is 35.3 Å². The Morgan fingerprint density at radius 2 is 1.58 bits per heavy atom. The maximum Gasteiger partial charge on any atom is 0.241 e. The minimum atomic E-state index is -3.55. The van der Waals surface area contributed by atoms with Crippen LogP contribution >= 0.6 is 0 Å². The molecule has 1 aromatic carbocycles. The summed E-state index contributed by atoms with van der Waals surface area (Å²) < 4.78 is 34.1. The molecule has 1 aliphatic heterocycles. The molecule has 1 aromatic rings. The third-order valence-electron chi connectivity index (χ3n) is 5.13. The van der Waals surface area contributed by atoms with Crippen molar-refractivity contribution < 1.29 is 13.2 Å². The van der Waals surface area contributed by atoms with Crippen molar-refractivity contribution in [1.29, 1.82) is 0 Å². The summed E-state index contributed by atoms with van der Waals surface area (Å²) in [4.78, 5) is 2.71. The van der Waals surface area contributed by atoms with Gasteiger partial charge in [-0.2, -0.15) is 0 Å². The topological polar surface area (TPSA) is 58.6 Å². The van der Waals surface area contributed by atoms with Crippen LogP contribution in [0.4, 0.5) is 0 Å². The van der Waals surface area contributed by atoms with Gasteiger partial charge in [-0.15, -0.1) is 0 Å². The van der Waals surface area contributed by atoms with Gasteiger partial charge in [-0.3, -0.25) is 4.90 Å². The fraction of sp³-hybridized carbons (Fsp3) is 0.667. The number of nitrogens with zero attached hydrogens (tertiary/aromatic N) is 1. The van der Waals surface area contributed by atoms with E-state index in [1.54, 1.807) is 0 Å². The lowest BCUT2D eigenvalue weighted by molar-refractivity contribution is -0.00803. The largest absolute Gasteiger partial charge is 0.379 e. The second-order valence-corrected chi connectivity index (χ2v) is 9.03. The molecule has 0 radical (unpaired) electrons. The first-order valence-corrected chi connectivity index (χ1v) is 9.94. The molecule has 0 saturated carbocycles. The molecule has 6 heteroatoms. The second-order valence-electron chi connectivity index (χ2n) is 7.33. The van der Waals surface area contributed by atoms with E-state index in [-0.39, 0.29) is 5.54 Å². The van der Waals surface area contributed by atoms with Gasteiger partial charge in [-0.05, 0) is 63.8 Å². The fourth-order valence-electron chi connectivity index (χ4n) is 3.21. The van der Waals surface area contributed by atoms with Crippen LogP contribution in [0.25, 0.3) is 0 Å². The van der Waals surface area contributed by atoms with Gasteiger partial charge in [0, 0.05) is 25.2 Å². The second kappa shape index (κ2) is 7.12. The molecule has 0 atom stereocenters. The van der Waals surface area contributed by atoms with Crippen molar-refractivity contribution in [3.8, 4) is 0 Å². The fourth-order valence-corrected chi connectivity index (χ4v) is 5.02. The van der Waals surface area contributed by atoms with Gasteiger partial charge in [-0.25, -0.2) is 13.1 Å². The van der Waals surface area contributed by atoms with Gasteiger partial charge in [-0.1, -0.05) is 6.07 Å². The van der Waals surface area contributed by atoms with Crippen LogP contribution in [-0.2, 0) is 14.8 Å². The van der Waals surface area contributed by atoms with Crippen LogP contribution in [0.2, 0.25) is 0 Å². The molecule has 136 valence electrons. The van der Waals surface area contributed by atoms with Crippen molar-refractivity contribution in [2.75, 3.05) is 32.8 Å². The summed E-state index contributed by atoms with van der Waals surface area (Å²) in [6.07, 6.45) is 0. The Hall–Kier alpha value is -0.950. The number of benzene rings is 1. The lowest BCUT2D eigenvalue weighted by atomic mass is 10.0. The third-order valence-corrected chi connectivity index (χ3v) is 6.80. The molecular formula is C18H30N2O3S. The SMILES string of the molecule is Cc1cc(C)c(C)c(S(=O)(=O)NCC(C)(C)N2CCOCC2)c1C. The normalized spacial score (nSPS) is 17.2. The standard InChI is InChI=1S/C18H30N2O3S/c1-13-11-14(2)16(4)17(15(13)3)24(21,22)19-12-18(5,6)20-7-9-23-10-8-20/h11,19H,7-10,12H2,1-6H3. The summed E-state index contributed by atoms with van der Waals surface area (Å²) in [5.41, 5.74) is 3.42. The molecule has 24 heavy (non-hydrogen) atoms. The van der Waals surface area contributed by atoms with Gasteiger partial charge in [0.15, 0.2) is 0 Å². The van der Waals surface area contributed by atoms with Crippen LogP contribution in [0, 0.1) is 27.7 Å². The van der Waals surface area contributed by atoms with Crippen LogP contribution in [0.3, 0.4) is 0 Å². The summed E-state index contributed by atoms with van der Waals surface area (Å²) in [7, 11) is -3.55. The zero-order valence-corrected chi connectivity index (χ0v) is 16.5. The zero-order chi connectivity index (χ0) is 18.1. The highest BCUT2D eigenvalue weighted by molar-refractivity contribution is 7.89. The lowest BCUT2D eigenvalue weighted by Crippen LogP contribution is -2.55. The number of ether oxygens (including phenoxy) is 1. The monoisotopic (exact) mass is 354 g/mol. The summed E-state index contributed by atoms with van der Waals surface area (Å²) in [5, 5.41) is 0. The first-order valence-electron chi connectivity index (χ1n) is 8.46. The Morgan fingerprint density at radius 3 is 2.08 bits per heavy atom. The molecular weight excluding hydrogens is 324 g/mol. The minimum Gasteiger partial charge on any atom is -0.379 e. The van der Waals surface area contributed by atoms with Crippen LogP contribution < -0.4 is 4.72 Å². The molecule has 0 bridgehead atoms. The number of morpholine rings is 1. The Bertz CT molecular complexity index is 679. The molecule has 5 nitrogen and oxygen atoms in total. The predicted octanol–water partition coefficient (Wildman–Crippen LogP) is 2.31. The molecule has 1 N–H and O–H groups in total. The van der Waals surface area contributed by atoms with Gasteiger partial charge >= 0.3 is 0 Å². The summed E-state index contributed by atoms with van der Waals surface area (Å²) in [6.45, 7) is 15.2. The van der Waals surface area contributed by atoms with E-state index in [9.17, 15) is 8.42 Å². The average Bonchev–Trinajstić information content (AvgIpc) is 2.52. The van der Waals surface area contributed by atoms with Gasteiger partial charge in [0.2, 0.25) is 10.0 Å². The third kappa shape index (κ3) is 3.99. The Balaban J connectivity index is 2.23. The van der Waals surface area contributed by atoms with Crippen LogP contribution in [0.5, 0.6) is 0 Å². The highest BCUT2D eigenvalue weighted by Gasteiger charge is 2.31. The number of rotatable bonds is 5. The molecule has 0 aromatic heterocycles. The minimum absolute atomic E-state index is 0.252. The van der Waals surface area contributed by atoms with Crippen molar-refractivity contribution in [3.63, 3.8) is 0 Å². The van der Waals surface area contributed by atoms with Crippen molar-refractivity contribution in [2.24, 2.45) is 0 Å². The molecule has 2 rings (SSSR count). The quantitative estimate of drug-likeness (QED) is 0.881. The van der Waals surface area contributed by atoms with E-state index in [1.807, 2.05) is 33.8 Å². The lowest BCUT2D eigenvalue weighted by Gasteiger charge is -2.40. The van der Waals surface area contributed by atoms with Gasteiger partial charge in [0.1, 0.15) is 0 Å². The van der Waals surface area contributed by atoms with Crippen molar-refractivity contribution >= 4 is 10.0 Å². The smallest absolute Gasteiger partial charge is 0.241 e. The zero-order valence-electron chi connectivity index (χ0n) is 15.7. The van der Waals surface area contributed by atoms with Crippen molar-refractivity contribution in [3.05, 3.63) is 28.3 Å². The molecule has 0 spiro atoms. The molecule has 1 heterocycles. The maximum absolute atomic E-state index is 13.0. The predicted molar refractivity (Wildman–Crippen MR) is 97.0 cm³/mol. The van der Waals surface area contributed by atoms with E-state index in [1.165, 1.54) is 0 Å². The highest BCUT2D eigenvalue weighted by Crippen LogP contribution is 2.26. The van der Waals surface area contributed by atoms with E-state index >= 15 is 0 Å². The van der Waals surface area contributed by atoms with Crippen LogP contribution in [0.1, 0.15) is 36.1 Å². The maximum atomic E-state index is 13.0. The Kier molecular flexibility index (Phi) is 5.75. The summed E-state index contributed by atoms with van der Waals surface area (Å²) >= 11 is 0. The molecule has 1 fully saturated rings. The summed E-state index contributed by atoms with van der Waals surface area (Å²) in [6, 6.07) is 2.04. The number of hydrogen-bond donors (Lipinski definition) is 1. The molecule has 0 aliphatic carbocycles. The van der Waals surface area contributed by atoms with Crippen molar-refractivity contribution in [1.82, 2.24) is 9.62 Å².